The molecule has 94 valence electrons. The summed E-state index contributed by atoms with van der Waals surface area (Å²) in [5.41, 5.74) is 5.87. The quantitative estimate of drug-likeness (QED) is 0.781. The highest BCUT2D eigenvalue weighted by molar-refractivity contribution is 5.80. The molecule has 1 aliphatic rings. The van der Waals surface area contributed by atoms with Gasteiger partial charge in [0.1, 0.15) is 6.10 Å². The number of hydrogen-bond acceptors (Lipinski definition) is 3. The lowest BCUT2D eigenvalue weighted by Gasteiger charge is -2.34. The zero-order valence-electron chi connectivity index (χ0n) is 10.6. The molecular weight excluding hydrogens is 204 g/mol. The number of nitrogens with two attached hydrogens (primary N) is 1. The molecule has 1 heterocycles. The topological polar surface area (TPSA) is 55.6 Å². The molecule has 0 spiro atoms. The maximum Gasteiger partial charge on any atom is 0.251 e. The summed E-state index contributed by atoms with van der Waals surface area (Å²) in [7, 11) is 0. The minimum atomic E-state index is -0.308. The minimum absolute atomic E-state index is 0.116. The lowest BCUT2D eigenvalue weighted by Crippen LogP contribution is -2.46. The van der Waals surface area contributed by atoms with E-state index >= 15 is 0 Å². The van der Waals surface area contributed by atoms with Crippen LogP contribution in [0.2, 0.25) is 0 Å². The minimum Gasteiger partial charge on any atom is -0.369 e. The van der Waals surface area contributed by atoms with E-state index in [1.807, 2.05) is 25.7 Å². The van der Waals surface area contributed by atoms with Gasteiger partial charge in [0.15, 0.2) is 0 Å². The predicted octanol–water partition coefficient (Wildman–Crippen LogP) is 0.997. The van der Waals surface area contributed by atoms with E-state index in [-0.39, 0.29) is 18.1 Å². The van der Waals surface area contributed by atoms with Crippen molar-refractivity contribution in [3.8, 4) is 0 Å². The Bertz CT molecular complexity index is 223. The first-order valence-electron chi connectivity index (χ1n) is 6.22. The van der Waals surface area contributed by atoms with Gasteiger partial charge in [-0.1, -0.05) is 0 Å². The highest BCUT2D eigenvalue weighted by Crippen LogP contribution is 2.20. The molecule has 1 aliphatic heterocycles. The maximum absolute atomic E-state index is 11.9. The van der Waals surface area contributed by atoms with Gasteiger partial charge >= 0.3 is 0 Å². The van der Waals surface area contributed by atoms with Crippen molar-refractivity contribution in [1.82, 2.24) is 4.90 Å². The summed E-state index contributed by atoms with van der Waals surface area (Å²) >= 11 is 0. The van der Waals surface area contributed by atoms with Gasteiger partial charge in [-0.2, -0.15) is 0 Å². The first kappa shape index (κ1) is 13.5. The average Bonchev–Trinajstić information content (AvgIpc) is 2.28. The highest BCUT2D eigenvalue weighted by atomic mass is 16.5. The molecule has 1 saturated heterocycles. The molecule has 2 atom stereocenters. The summed E-state index contributed by atoms with van der Waals surface area (Å²) < 4.78 is 5.32. The SMILES string of the molecule is CCOC(C)C(=O)N1CCC(C(C)N)CC1. The van der Waals surface area contributed by atoms with Gasteiger partial charge in [0.2, 0.25) is 0 Å². The van der Waals surface area contributed by atoms with E-state index in [0.29, 0.717) is 12.5 Å². The van der Waals surface area contributed by atoms with Gasteiger partial charge in [0, 0.05) is 25.7 Å². The molecule has 4 nitrogen and oxygen atoms in total. The van der Waals surface area contributed by atoms with Gasteiger partial charge in [-0.25, -0.2) is 0 Å². The molecule has 16 heavy (non-hydrogen) atoms. The number of ether oxygens (including phenoxy) is 1. The monoisotopic (exact) mass is 228 g/mol. The van der Waals surface area contributed by atoms with Crippen LogP contribution in [-0.4, -0.2) is 42.6 Å². The van der Waals surface area contributed by atoms with Crippen LogP contribution >= 0.6 is 0 Å². The van der Waals surface area contributed by atoms with Crippen LogP contribution in [0.25, 0.3) is 0 Å². The molecule has 2 unspecified atom stereocenters. The molecular formula is C12H24N2O2. The van der Waals surface area contributed by atoms with Crippen LogP contribution in [0.15, 0.2) is 0 Å². The molecule has 1 amide bonds. The van der Waals surface area contributed by atoms with Crippen LogP contribution in [0.1, 0.15) is 33.6 Å². The number of amides is 1. The zero-order valence-corrected chi connectivity index (χ0v) is 10.6. The number of piperidine rings is 1. The van der Waals surface area contributed by atoms with E-state index in [1.54, 1.807) is 0 Å². The van der Waals surface area contributed by atoms with Gasteiger partial charge < -0.3 is 15.4 Å². The number of nitrogens with zero attached hydrogens (tertiary/aromatic N) is 1. The van der Waals surface area contributed by atoms with Gasteiger partial charge in [-0.3, -0.25) is 4.79 Å². The summed E-state index contributed by atoms with van der Waals surface area (Å²) in [6, 6.07) is 0.238. The molecule has 0 aliphatic carbocycles. The molecule has 0 radical (unpaired) electrons. The standard InChI is InChI=1S/C12H24N2O2/c1-4-16-10(3)12(15)14-7-5-11(6-8-14)9(2)13/h9-11H,4-8,13H2,1-3H3. The molecule has 4 heteroatoms. The van der Waals surface area contributed by atoms with Crippen molar-refractivity contribution in [3.05, 3.63) is 0 Å². The van der Waals surface area contributed by atoms with Crippen LogP contribution in [0, 0.1) is 5.92 Å². The van der Waals surface area contributed by atoms with E-state index in [0.717, 1.165) is 25.9 Å². The second-order valence-electron chi connectivity index (χ2n) is 4.62. The summed E-state index contributed by atoms with van der Waals surface area (Å²) in [5, 5.41) is 0. The fraction of sp³-hybridized carbons (Fsp3) is 0.917. The Balaban J connectivity index is 2.38. The van der Waals surface area contributed by atoms with Crippen molar-refractivity contribution in [3.63, 3.8) is 0 Å². The van der Waals surface area contributed by atoms with Crippen molar-refractivity contribution in [2.45, 2.75) is 45.8 Å². The van der Waals surface area contributed by atoms with E-state index in [4.69, 9.17) is 10.5 Å². The highest BCUT2D eigenvalue weighted by Gasteiger charge is 2.27. The van der Waals surface area contributed by atoms with E-state index in [2.05, 4.69) is 0 Å². The lowest BCUT2D eigenvalue weighted by molar-refractivity contribution is -0.143. The van der Waals surface area contributed by atoms with Gasteiger partial charge in [0.05, 0.1) is 0 Å². The Kier molecular flexibility index (Phi) is 5.22. The van der Waals surface area contributed by atoms with E-state index < -0.39 is 0 Å². The van der Waals surface area contributed by atoms with Crippen LogP contribution in [0.5, 0.6) is 0 Å². The number of carbonyl (C=O) groups excluding carboxylic acids is 1. The molecule has 1 fully saturated rings. The van der Waals surface area contributed by atoms with Crippen LogP contribution < -0.4 is 5.73 Å². The second-order valence-corrected chi connectivity index (χ2v) is 4.62. The largest absolute Gasteiger partial charge is 0.369 e. The Morgan fingerprint density at radius 2 is 2.00 bits per heavy atom. The third kappa shape index (κ3) is 3.46. The van der Waals surface area contributed by atoms with Crippen molar-refractivity contribution in [2.75, 3.05) is 19.7 Å². The van der Waals surface area contributed by atoms with Crippen molar-refractivity contribution < 1.29 is 9.53 Å². The number of hydrogen-bond donors (Lipinski definition) is 1. The van der Waals surface area contributed by atoms with Crippen molar-refractivity contribution in [2.24, 2.45) is 11.7 Å². The summed E-state index contributed by atoms with van der Waals surface area (Å²) in [6.07, 6.45) is 1.72. The normalized spacial score (nSPS) is 21.9. The fourth-order valence-electron chi connectivity index (χ4n) is 2.22. The Morgan fingerprint density at radius 3 is 2.44 bits per heavy atom. The summed E-state index contributed by atoms with van der Waals surface area (Å²) in [4.78, 5) is 13.8. The van der Waals surface area contributed by atoms with Crippen LogP contribution in [0.3, 0.4) is 0 Å². The first-order chi connectivity index (χ1) is 7.56. The maximum atomic E-state index is 11.9. The Labute approximate surface area is 98.1 Å². The summed E-state index contributed by atoms with van der Waals surface area (Å²) in [5.74, 6) is 0.677. The van der Waals surface area contributed by atoms with Crippen LogP contribution in [0.4, 0.5) is 0 Å². The number of rotatable bonds is 4. The molecule has 0 aromatic rings. The molecule has 1 rings (SSSR count). The summed E-state index contributed by atoms with van der Waals surface area (Å²) in [6.45, 7) is 8.01. The van der Waals surface area contributed by atoms with Crippen molar-refractivity contribution in [1.29, 1.82) is 0 Å². The second kappa shape index (κ2) is 6.21. The zero-order chi connectivity index (χ0) is 12.1. The predicted molar refractivity (Wildman–Crippen MR) is 64.0 cm³/mol. The first-order valence-corrected chi connectivity index (χ1v) is 6.22. The third-order valence-corrected chi connectivity index (χ3v) is 3.36. The Morgan fingerprint density at radius 1 is 1.44 bits per heavy atom. The number of carbonyl (C=O) groups is 1. The van der Waals surface area contributed by atoms with Gasteiger partial charge in [-0.15, -0.1) is 0 Å². The molecule has 0 bridgehead atoms. The lowest BCUT2D eigenvalue weighted by atomic mass is 9.91. The molecule has 2 N–H and O–H groups in total. The van der Waals surface area contributed by atoms with Gasteiger partial charge in [0.25, 0.3) is 5.91 Å². The third-order valence-electron chi connectivity index (χ3n) is 3.36. The van der Waals surface area contributed by atoms with E-state index in [1.165, 1.54) is 0 Å². The molecule has 0 aromatic heterocycles. The average molecular weight is 228 g/mol. The van der Waals surface area contributed by atoms with Crippen LogP contribution in [-0.2, 0) is 9.53 Å². The smallest absolute Gasteiger partial charge is 0.251 e. The number of likely N-dealkylation sites (tertiary alicyclic amines) is 1. The van der Waals surface area contributed by atoms with E-state index in [9.17, 15) is 4.79 Å². The van der Waals surface area contributed by atoms with Gasteiger partial charge in [-0.05, 0) is 39.5 Å². The molecule has 0 saturated carbocycles. The molecule has 0 aromatic carbocycles. The van der Waals surface area contributed by atoms with Crippen molar-refractivity contribution >= 4 is 5.91 Å². The Hall–Kier alpha value is -0.610. The fourth-order valence-corrected chi connectivity index (χ4v) is 2.22.